The van der Waals surface area contributed by atoms with Crippen LogP contribution in [0.3, 0.4) is 0 Å². The van der Waals surface area contributed by atoms with Crippen molar-refractivity contribution in [1.29, 1.82) is 0 Å². The van der Waals surface area contributed by atoms with Gasteiger partial charge < -0.3 is 4.90 Å². The molecule has 1 fully saturated rings. The number of sulfonamides is 1. The largest absolute Gasteiger partial charge is 0.338 e. The summed E-state index contributed by atoms with van der Waals surface area (Å²) in [4.78, 5) is 14.2. The van der Waals surface area contributed by atoms with E-state index < -0.39 is 16.1 Å². The fraction of sp³-hybridized carbons (Fsp3) is 0.769. The Hall–Kier alpha value is -0.880. The molecular formula is C13H24N2O3S. The molecule has 19 heavy (non-hydrogen) atoms. The standard InChI is InChI=1S/C13H24N2O3S/c1-5-14(10-11(2)3)13(16)12-8-6-7-9-15(12)19(4,17)18/h12H,2,5-10H2,1,3-4H3. The molecule has 110 valence electrons. The number of nitrogens with zero attached hydrogens (tertiary/aromatic N) is 2. The number of carbonyl (C=O) groups excluding carboxylic acids is 1. The van der Waals surface area contributed by atoms with Crippen molar-refractivity contribution in [3.63, 3.8) is 0 Å². The first-order chi connectivity index (χ1) is 8.77. The van der Waals surface area contributed by atoms with Crippen molar-refractivity contribution in [3.05, 3.63) is 12.2 Å². The smallest absolute Gasteiger partial charge is 0.241 e. The molecule has 1 saturated heterocycles. The predicted octanol–water partition coefficient (Wildman–Crippen LogP) is 1.23. The second-order valence-electron chi connectivity index (χ2n) is 5.19. The summed E-state index contributed by atoms with van der Waals surface area (Å²) < 4.78 is 24.9. The number of hydrogen-bond acceptors (Lipinski definition) is 3. The minimum absolute atomic E-state index is 0.101. The molecule has 0 saturated carbocycles. The fourth-order valence-corrected chi connectivity index (χ4v) is 3.55. The van der Waals surface area contributed by atoms with Crippen molar-refractivity contribution in [2.75, 3.05) is 25.9 Å². The van der Waals surface area contributed by atoms with Gasteiger partial charge in [-0.05, 0) is 26.7 Å². The van der Waals surface area contributed by atoms with E-state index in [1.165, 1.54) is 10.6 Å². The number of likely N-dealkylation sites (N-methyl/N-ethyl adjacent to an activating group) is 1. The van der Waals surface area contributed by atoms with E-state index in [0.717, 1.165) is 18.4 Å². The third-order valence-corrected chi connectivity index (χ3v) is 4.61. The maximum absolute atomic E-state index is 12.5. The molecule has 1 amide bonds. The lowest BCUT2D eigenvalue weighted by atomic mass is 10.0. The van der Waals surface area contributed by atoms with Gasteiger partial charge in [-0.1, -0.05) is 18.6 Å². The van der Waals surface area contributed by atoms with Crippen molar-refractivity contribution in [3.8, 4) is 0 Å². The van der Waals surface area contributed by atoms with E-state index in [1.54, 1.807) is 4.90 Å². The summed E-state index contributed by atoms with van der Waals surface area (Å²) in [7, 11) is -3.33. The van der Waals surface area contributed by atoms with Crippen LogP contribution in [-0.2, 0) is 14.8 Å². The molecule has 1 unspecified atom stereocenters. The van der Waals surface area contributed by atoms with E-state index in [2.05, 4.69) is 6.58 Å². The van der Waals surface area contributed by atoms with Crippen LogP contribution in [0.15, 0.2) is 12.2 Å². The summed E-state index contributed by atoms with van der Waals surface area (Å²) in [6.45, 7) is 9.08. The van der Waals surface area contributed by atoms with Gasteiger partial charge in [0.05, 0.1) is 6.26 Å². The molecule has 0 spiro atoms. The number of hydrogen-bond donors (Lipinski definition) is 0. The monoisotopic (exact) mass is 288 g/mol. The van der Waals surface area contributed by atoms with E-state index >= 15 is 0 Å². The van der Waals surface area contributed by atoms with Gasteiger partial charge in [0.15, 0.2) is 0 Å². The predicted molar refractivity (Wildman–Crippen MR) is 76.3 cm³/mol. The molecule has 0 aromatic heterocycles. The van der Waals surface area contributed by atoms with Gasteiger partial charge in [-0.3, -0.25) is 4.79 Å². The van der Waals surface area contributed by atoms with Gasteiger partial charge in [0.1, 0.15) is 6.04 Å². The molecule has 5 nitrogen and oxygen atoms in total. The maximum atomic E-state index is 12.5. The molecule has 1 rings (SSSR count). The Morgan fingerprint density at radius 3 is 2.53 bits per heavy atom. The Labute approximate surface area is 116 Å². The molecule has 0 radical (unpaired) electrons. The lowest BCUT2D eigenvalue weighted by molar-refractivity contribution is -0.135. The topological polar surface area (TPSA) is 57.7 Å². The summed E-state index contributed by atoms with van der Waals surface area (Å²) >= 11 is 0. The highest BCUT2D eigenvalue weighted by atomic mass is 32.2. The van der Waals surface area contributed by atoms with Crippen LogP contribution in [0.25, 0.3) is 0 Å². The van der Waals surface area contributed by atoms with Gasteiger partial charge in [-0.25, -0.2) is 8.42 Å². The lowest BCUT2D eigenvalue weighted by Gasteiger charge is -2.35. The molecule has 0 aliphatic carbocycles. The molecule has 0 bridgehead atoms. The van der Waals surface area contributed by atoms with Crippen LogP contribution in [0.4, 0.5) is 0 Å². The van der Waals surface area contributed by atoms with Crippen LogP contribution in [0, 0.1) is 0 Å². The van der Waals surface area contributed by atoms with Gasteiger partial charge in [0.25, 0.3) is 0 Å². The first-order valence-corrected chi connectivity index (χ1v) is 8.52. The van der Waals surface area contributed by atoms with Gasteiger partial charge in [0, 0.05) is 19.6 Å². The van der Waals surface area contributed by atoms with Gasteiger partial charge in [0.2, 0.25) is 15.9 Å². The van der Waals surface area contributed by atoms with Crippen molar-refractivity contribution in [2.45, 2.75) is 39.2 Å². The first-order valence-electron chi connectivity index (χ1n) is 6.67. The maximum Gasteiger partial charge on any atom is 0.241 e. The molecular weight excluding hydrogens is 264 g/mol. The van der Waals surface area contributed by atoms with Gasteiger partial charge in [-0.15, -0.1) is 0 Å². The van der Waals surface area contributed by atoms with Crippen molar-refractivity contribution in [1.82, 2.24) is 9.21 Å². The third kappa shape index (κ3) is 4.31. The molecule has 1 aliphatic heterocycles. The van der Waals surface area contributed by atoms with Crippen LogP contribution in [0.2, 0.25) is 0 Å². The Morgan fingerprint density at radius 1 is 1.42 bits per heavy atom. The average Bonchev–Trinajstić information content (AvgIpc) is 2.34. The van der Waals surface area contributed by atoms with E-state index in [1.807, 2.05) is 13.8 Å². The highest BCUT2D eigenvalue weighted by Crippen LogP contribution is 2.21. The zero-order valence-corrected chi connectivity index (χ0v) is 12.9. The van der Waals surface area contributed by atoms with Crippen molar-refractivity contribution >= 4 is 15.9 Å². The normalized spacial score (nSPS) is 21.1. The van der Waals surface area contributed by atoms with Crippen LogP contribution < -0.4 is 0 Å². The van der Waals surface area contributed by atoms with Gasteiger partial charge >= 0.3 is 0 Å². The number of piperidine rings is 1. The first kappa shape index (κ1) is 16.2. The number of amides is 1. The van der Waals surface area contributed by atoms with Crippen molar-refractivity contribution in [2.24, 2.45) is 0 Å². The van der Waals surface area contributed by atoms with Gasteiger partial charge in [-0.2, -0.15) is 4.31 Å². The second-order valence-corrected chi connectivity index (χ2v) is 7.13. The van der Waals surface area contributed by atoms with Crippen molar-refractivity contribution < 1.29 is 13.2 Å². The van der Waals surface area contributed by atoms with E-state index in [-0.39, 0.29) is 5.91 Å². The minimum atomic E-state index is -3.33. The van der Waals surface area contributed by atoms with Crippen LogP contribution >= 0.6 is 0 Å². The SMILES string of the molecule is C=C(C)CN(CC)C(=O)C1CCCCN1S(C)(=O)=O. The molecule has 1 heterocycles. The zero-order chi connectivity index (χ0) is 14.6. The fourth-order valence-electron chi connectivity index (χ4n) is 2.43. The zero-order valence-electron chi connectivity index (χ0n) is 12.1. The quantitative estimate of drug-likeness (QED) is 0.715. The molecule has 0 aromatic rings. The summed E-state index contributed by atoms with van der Waals surface area (Å²) in [6, 6.07) is -0.539. The van der Waals surface area contributed by atoms with Crippen LogP contribution in [0.5, 0.6) is 0 Å². The highest BCUT2D eigenvalue weighted by molar-refractivity contribution is 7.88. The molecule has 0 N–H and O–H groups in total. The second kappa shape index (κ2) is 6.52. The van der Waals surface area contributed by atoms with Crippen LogP contribution in [0.1, 0.15) is 33.1 Å². The third-order valence-electron chi connectivity index (χ3n) is 3.32. The molecule has 1 atom stereocenters. The summed E-state index contributed by atoms with van der Waals surface area (Å²) in [5.41, 5.74) is 0.900. The lowest BCUT2D eigenvalue weighted by Crippen LogP contribution is -2.52. The minimum Gasteiger partial charge on any atom is -0.338 e. The Kier molecular flexibility index (Phi) is 5.55. The molecule has 6 heteroatoms. The highest BCUT2D eigenvalue weighted by Gasteiger charge is 2.36. The molecule has 1 aliphatic rings. The van der Waals surface area contributed by atoms with E-state index in [9.17, 15) is 13.2 Å². The summed E-state index contributed by atoms with van der Waals surface area (Å²) in [6.07, 6.45) is 3.50. The summed E-state index contributed by atoms with van der Waals surface area (Å²) in [5, 5.41) is 0. The molecule has 0 aromatic carbocycles. The number of carbonyl (C=O) groups is 1. The van der Waals surface area contributed by atoms with E-state index in [4.69, 9.17) is 0 Å². The summed E-state index contributed by atoms with van der Waals surface area (Å²) in [5.74, 6) is -0.101. The van der Waals surface area contributed by atoms with Crippen LogP contribution in [-0.4, -0.2) is 55.5 Å². The average molecular weight is 288 g/mol. The Bertz CT molecular complexity index is 445. The Morgan fingerprint density at radius 2 is 2.05 bits per heavy atom. The number of rotatable bonds is 5. The Balaban J connectivity index is 2.90. The van der Waals surface area contributed by atoms with E-state index in [0.29, 0.717) is 26.1 Å².